The number of aromatic amines is 1. The zero-order valence-corrected chi connectivity index (χ0v) is 16.5. The minimum Gasteiger partial charge on any atom is -0.390 e. The molecule has 1 aliphatic rings. The number of aliphatic hydroxyl groups excluding tert-OH is 1. The molecule has 2 aromatic heterocycles. The Morgan fingerprint density at radius 2 is 2.13 bits per heavy atom. The van der Waals surface area contributed by atoms with Gasteiger partial charge in [0.2, 0.25) is 0 Å². The molecule has 0 saturated carbocycles. The van der Waals surface area contributed by atoms with E-state index >= 15 is 0 Å². The molecule has 4 rings (SSSR count). The fraction of sp³-hybridized carbons (Fsp3) is 0.375. The summed E-state index contributed by atoms with van der Waals surface area (Å²) >= 11 is 0. The Bertz CT molecular complexity index is 1240. The average molecular weight is 439 g/mol. The van der Waals surface area contributed by atoms with Gasteiger partial charge in [-0.1, -0.05) is 17.0 Å². The van der Waals surface area contributed by atoms with E-state index < -0.39 is 44.1 Å². The number of fused-ring (bicyclic) bond motifs is 1. The van der Waals surface area contributed by atoms with Gasteiger partial charge in [0.15, 0.2) is 0 Å². The van der Waals surface area contributed by atoms with Crippen molar-refractivity contribution in [3.63, 3.8) is 0 Å². The first-order valence-electron chi connectivity index (χ1n) is 8.87. The molecule has 1 fully saturated rings. The maximum absolute atomic E-state index is 12.3. The average Bonchev–Trinajstić information content (AvgIpc) is 3.26. The van der Waals surface area contributed by atoms with E-state index in [-0.39, 0.29) is 6.42 Å². The van der Waals surface area contributed by atoms with Crippen LogP contribution in [0.3, 0.4) is 0 Å². The molecule has 0 bridgehead atoms. The van der Waals surface area contributed by atoms with Crippen LogP contribution in [0.4, 0.5) is 0 Å². The quantitative estimate of drug-likeness (QED) is 0.425. The standard InChI is InChI=1S/C16H18N5O8P/c1-9-7-20(16(24)17-15(9)23)14-6-12(22)13(28-14)8-27-30(25,26)29-21-11-5-3-2-4-10(11)18-19-21/h2-5,7,12-14,22H,6,8H2,1H3,(H,25,26)(H,17,23,24)/t12-,13+,14+/m0/s1. The van der Waals surface area contributed by atoms with Gasteiger partial charge < -0.3 is 9.84 Å². The number of para-hydroxylation sites is 1. The van der Waals surface area contributed by atoms with Crippen LogP contribution in [0.2, 0.25) is 0 Å². The summed E-state index contributed by atoms with van der Waals surface area (Å²) in [5, 5.41) is 17.6. The number of aliphatic hydroxyl groups is 1. The molecule has 3 heterocycles. The molecule has 14 heteroatoms. The van der Waals surface area contributed by atoms with E-state index in [2.05, 4.69) is 15.3 Å². The second-order valence-electron chi connectivity index (χ2n) is 6.71. The van der Waals surface area contributed by atoms with Crippen molar-refractivity contribution >= 4 is 18.9 Å². The zero-order valence-electron chi connectivity index (χ0n) is 15.6. The van der Waals surface area contributed by atoms with E-state index in [0.29, 0.717) is 16.6 Å². The molecule has 1 aromatic carbocycles. The number of rotatable bonds is 6. The summed E-state index contributed by atoms with van der Waals surface area (Å²) in [6.07, 6.45) is -1.64. The van der Waals surface area contributed by atoms with Crippen LogP contribution in [0.15, 0.2) is 40.1 Å². The number of hydrogen-bond acceptors (Lipinski definition) is 9. The van der Waals surface area contributed by atoms with Crippen molar-refractivity contribution in [1.82, 2.24) is 24.7 Å². The SMILES string of the molecule is Cc1cn([C@H]2C[C@H](O)[C@@H](COP(=O)(O)On3nnc4ccccc43)O2)c(=O)[nH]c1=O. The lowest BCUT2D eigenvalue weighted by atomic mass is 10.2. The van der Waals surface area contributed by atoms with Crippen LogP contribution in [0.5, 0.6) is 0 Å². The lowest BCUT2D eigenvalue weighted by Gasteiger charge is -2.18. The van der Waals surface area contributed by atoms with Gasteiger partial charge in [0.05, 0.1) is 12.7 Å². The van der Waals surface area contributed by atoms with Crippen molar-refractivity contribution in [3.8, 4) is 0 Å². The highest BCUT2D eigenvalue weighted by Crippen LogP contribution is 2.41. The number of nitrogens with zero attached hydrogens (tertiary/aromatic N) is 4. The van der Waals surface area contributed by atoms with Gasteiger partial charge in [-0.25, -0.2) is 9.36 Å². The van der Waals surface area contributed by atoms with E-state index in [1.165, 1.54) is 13.1 Å². The van der Waals surface area contributed by atoms with Crippen LogP contribution in [-0.4, -0.2) is 53.5 Å². The second-order valence-corrected chi connectivity index (χ2v) is 8.07. The van der Waals surface area contributed by atoms with Crippen LogP contribution >= 0.6 is 7.82 Å². The third kappa shape index (κ3) is 4.06. The molecule has 1 saturated heterocycles. The van der Waals surface area contributed by atoms with E-state index in [1.54, 1.807) is 24.3 Å². The first kappa shape index (κ1) is 20.4. The molecule has 13 nitrogen and oxygen atoms in total. The lowest BCUT2D eigenvalue weighted by molar-refractivity contribution is -0.0471. The van der Waals surface area contributed by atoms with Crippen molar-refractivity contribution in [2.24, 2.45) is 0 Å². The molecule has 0 spiro atoms. The van der Waals surface area contributed by atoms with Gasteiger partial charge in [-0.2, -0.15) is 0 Å². The molecule has 3 N–H and O–H groups in total. The maximum Gasteiger partial charge on any atom is 0.547 e. The van der Waals surface area contributed by atoms with Gasteiger partial charge in [0.25, 0.3) is 5.56 Å². The first-order chi connectivity index (χ1) is 14.2. The smallest absolute Gasteiger partial charge is 0.390 e. The molecule has 0 amide bonds. The van der Waals surface area contributed by atoms with Crippen LogP contribution in [-0.2, 0) is 13.8 Å². The molecule has 3 aromatic rings. The number of aromatic nitrogens is 5. The lowest BCUT2D eigenvalue weighted by Crippen LogP contribution is -2.33. The van der Waals surface area contributed by atoms with Crippen molar-refractivity contribution < 1.29 is 28.5 Å². The highest BCUT2D eigenvalue weighted by molar-refractivity contribution is 7.47. The van der Waals surface area contributed by atoms with Crippen molar-refractivity contribution in [2.45, 2.75) is 31.8 Å². The number of aryl methyl sites for hydroxylation is 1. The van der Waals surface area contributed by atoms with Crippen molar-refractivity contribution in [3.05, 3.63) is 56.9 Å². The third-order valence-corrected chi connectivity index (χ3v) is 5.40. The number of hydrogen-bond donors (Lipinski definition) is 3. The number of nitrogens with one attached hydrogen (secondary N) is 1. The molecule has 0 radical (unpaired) electrons. The molecule has 160 valence electrons. The van der Waals surface area contributed by atoms with Crippen LogP contribution in [0, 0.1) is 6.92 Å². The van der Waals surface area contributed by atoms with Gasteiger partial charge >= 0.3 is 13.5 Å². The minimum absolute atomic E-state index is 0.0176. The number of ether oxygens (including phenoxy) is 1. The largest absolute Gasteiger partial charge is 0.547 e. The Balaban J connectivity index is 1.42. The van der Waals surface area contributed by atoms with E-state index in [1.807, 2.05) is 0 Å². The Labute approximate surface area is 168 Å². The molecule has 1 aliphatic heterocycles. The van der Waals surface area contributed by atoms with Crippen LogP contribution < -0.4 is 15.9 Å². The molecular weight excluding hydrogens is 421 g/mol. The van der Waals surface area contributed by atoms with Crippen molar-refractivity contribution in [2.75, 3.05) is 6.61 Å². The number of benzene rings is 1. The highest BCUT2D eigenvalue weighted by Gasteiger charge is 2.38. The fourth-order valence-electron chi connectivity index (χ4n) is 3.03. The summed E-state index contributed by atoms with van der Waals surface area (Å²) < 4.78 is 28.8. The Kier molecular flexibility index (Phi) is 5.30. The highest BCUT2D eigenvalue weighted by atomic mass is 31.2. The maximum atomic E-state index is 12.3. The monoisotopic (exact) mass is 439 g/mol. The topological polar surface area (TPSA) is 171 Å². The second kappa shape index (κ2) is 7.78. The Morgan fingerprint density at radius 1 is 1.37 bits per heavy atom. The van der Waals surface area contributed by atoms with Gasteiger partial charge in [0.1, 0.15) is 23.4 Å². The Morgan fingerprint density at radius 3 is 2.93 bits per heavy atom. The number of H-pyrrole nitrogens is 1. The third-order valence-electron chi connectivity index (χ3n) is 4.56. The van der Waals surface area contributed by atoms with E-state index in [9.17, 15) is 24.2 Å². The molecule has 0 aliphatic carbocycles. The summed E-state index contributed by atoms with van der Waals surface area (Å²) in [4.78, 5) is 36.4. The molecule has 30 heavy (non-hydrogen) atoms. The summed E-state index contributed by atoms with van der Waals surface area (Å²) in [7, 11) is -4.63. The zero-order chi connectivity index (χ0) is 21.5. The molecule has 1 unspecified atom stereocenters. The van der Waals surface area contributed by atoms with E-state index in [4.69, 9.17) is 13.9 Å². The Hall–Kier alpha value is -2.83. The first-order valence-corrected chi connectivity index (χ1v) is 10.4. The van der Waals surface area contributed by atoms with Gasteiger partial charge in [-0.15, -0.1) is 5.10 Å². The summed E-state index contributed by atoms with van der Waals surface area (Å²) in [6, 6.07) is 6.64. The fourth-order valence-corrected chi connectivity index (χ4v) is 3.73. The molecular formula is C16H18N5O8P. The van der Waals surface area contributed by atoms with Crippen LogP contribution in [0.25, 0.3) is 11.0 Å². The van der Waals surface area contributed by atoms with Crippen LogP contribution in [0.1, 0.15) is 18.2 Å². The van der Waals surface area contributed by atoms with Gasteiger partial charge in [-0.05, 0) is 24.3 Å². The van der Waals surface area contributed by atoms with Gasteiger partial charge in [-0.3, -0.25) is 28.4 Å². The van der Waals surface area contributed by atoms with E-state index in [0.717, 1.165) is 9.41 Å². The number of phosphoric acid groups is 1. The summed E-state index contributed by atoms with van der Waals surface area (Å²) in [5.41, 5.74) is -0.107. The predicted molar refractivity (Wildman–Crippen MR) is 100 cm³/mol. The summed E-state index contributed by atoms with van der Waals surface area (Å²) in [6.45, 7) is 1.03. The van der Waals surface area contributed by atoms with Crippen molar-refractivity contribution in [1.29, 1.82) is 0 Å². The molecule has 4 atom stereocenters. The van der Waals surface area contributed by atoms with Gasteiger partial charge in [0, 0.05) is 18.2 Å². The minimum atomic E-state index is -4.63. The predicted octanol–water partition coefficient (Wildman–Crippen LogP) is -0.516. The number of phosphoric ester groups is 1. The normalized spacial score (nSPS) is 23.5. The summed E-state index contributed by atoms with van der Waals surface area (Å²) in [5.74, 6) is 0.